The fraction of sp³-hybridized carbons (Fsp3) is 0.364. The van der Waals surface area contributed by atoms with E-state index in [9.17, 15) is 4.79 Å². The van der Waals surface area contributed by atoms with E-state index in [1.807, 2.05) is 57.7 Å². The van der Waals surface area contributed by atoms with Crippen LogP contribution >= 0.6 is 0 Å². The number of rotatable bonds is 6. The van der Waals surface area contributed by atoms with Gasteiger partial charge in [0.25, 0.3) is 0 Å². The predicted octanol–water partition coefficient (Wildman–Crippen LogP) is 3.39. The minimum absolute atomic E-state index is 0.0691. The van der Waals surface area contributed by atoms with E-state index in [2.05, 4.69) is 25.8 Å². The molecule has 146 valence electrons. The number of ether oxygens (including phenoxy) is 1. The molecule has 1 aliphatic carbocycles. The van der Waals surface area contributed by atoms with Crippen LogP contribution < -0.4 is 10.1 Å². The number of benzene rings is 1. The Bertz CT molecular complexity index is 1020. The van der Waals surface area contributed by atoms with E-state index in [4.69, 9.17) is 4.74 Å². The van der Waals surface area contributed by atoms with Gasteiger partial charge in [-0.25, -0.2) is 4.98 Å². The number of nitrogens with one attached hydrogen (secondary N) is 1. The molecule has 6 heteroatoms. The largest absolute Gasteiger partial charge is 0.496 e. The molecule has 1 saturated carbocycles. The Hall–Kier alpha value is -2.86. The monoisotopic (exact) mass is 378 g/mol. The first-order valence-corrected chi connectivity index (χ1v) is 9.52. The predicted molar refractivity (Wildman–Crippen MR) is 111 cm³/mol. The van der Waals surface area contributed by atoms with Crippen molar-refractivity contribution in [3.63, 3.8) is 0 Å². The van der Waals surface area contributed by atoms with Crippen LogP contribution in [0.4, 0.5) is 5.82 Å². The summed E-state index contributed by atoms with van der Waals surface area (Å²) in [7, 11) is 7.77. The first-order valence-electron chi connectivity index (χ1n) is 9.52. The molecule has 0 saturated heterocycles. The molecular formula is C22H26N4O2. The molecule has 0 radical (unpaired) electrons. The second kappa shape index (κ2) is 7.28. The summed E-state index contributed by atoms with van der Waals surface area (Å²) >= 11 is 0. The highest BCUT2D eigenvalue weighted by atomic mass is 16.5. The minimum Gasteiger partial charge on any atom is -0.496 e. The van der Waals surface area contributed by atoms with Crippen LogP contribution in [0.3, 0.4) is 0 Å². The number of hydrogen-bond donors (Lipinski definition) is 1. The summed E-state index contributed by atoms with van der Waals surface area (Å²) in [6.45, 7) is 0.950. The van der Waals surface area contributed by atoms with E-state index in [1.54, 1.807) is 7.11 Å². The van der Waals surface area contributed by atoms with Gasteiger partial charge in [-0.05, 0) is 50.7 Å². The highest BCUT2D eigenvalue weighted by molar-refractivity contribution is 5.96. The molecular weight excluding hydrogens is 352 g/mol. The Kier molecular flexibility index (Phi) is 4.81. The molecule has 1 aromatic carbocycles. The highest BCUT2D eigenvalue weighted by Crippen LogP contribution is 2.40. The lowest BCUT2D eigenvalue weighted by atomic mass is 10.1. The number of anilines is 1. The number of hydrogen-bond acceptors (Lipinski definition) is 4. The Morgan fingerprint density at radius 1 is 1.32 bits per heavy atom. The number of amides is 1. The summed E-state index contributed by atoms with van der Waals surface area (Å²) in [5.74, 6) is 2.05. The van der Waals surface area contributed by atoms with Crippen molar-refractivity contribution in [2.75, 3.05) is 33.1 Å². The highest BCUT2D eigenvalue weighted by Gasteiger charge is 2.43. The third-order valence-electron chi connectivity index (χ3n) is 5.42. The summed E-state index contributed by atoms with van der Waals surface area (Å²) in [6, 6.07) is 12.0. The molecule has 0 aliphatic heterocycles. The number of fused-ring (bicyclic) bond motifs is 1. The van der Waals surface area contributed by atoms with Gasteiger partial charge < -0.3 is 19.5 Å². The Labute approximate surface area is 165 Å². The normalized spacial score (nSPS) is 18.5. The smallest absolute Gasteiger partial charge is 0.228 e. The van der Waals surface area contributed by atoms with Gasteiger partial charge in [0.15, 0.2) is 0 Å². The number of para-hydroxylation sites is 1. The first kappa shape index (κ1) is 18.5. The maximum atomic E-state index is 12.5. The zero-order valence-corrected chi connectivity index (χ0v) is 16.8. The number of aryl methyl sites for hydroxylation is 1. The molecule has 28 heavy (non-hydrogen) atoms. The number of carbonyl (C=O) groups excluding carboxylic acids is 1. The molecule has 1 N–H and O–H groups in total. The lowest BCUT2D eigenvalue weighted by Gasteiger charge is -2.09. The zero-order chi connectivity index (χ0) is 19.8. The van der Waals surface area contributed by atoms with E-state index in [0.29, 0.717) is 11.7 Å². The molecule has 2 atom stereocenters. The molecule has 0 unspecified atom stereocenters. The Morgan fingerprint density at radius 2 is 2.11 bits per heavy atom. The van der Waals surface area contributed by atoms with Crippen molar-refractivity contribution in [3.05, 3.63) is 42.6 Å². The van der Waals surface area contributed by atoms with Crippen molar-refractivity contribution in [1.82, 2.24) is 14.5 Å². The molecule has 0 spiro atoms. The first-order chi connectivity index (χ1) is 13.5. The number of methoxy groups -OCH3 is 1. The maximum absolute atomic E-state index is 12.5. The molecule has 1 amide bonds. The second-order valence-electron chi connectivity index (χ2n) is 7.77. The second-order valence-corrected chi connectivity index (χ2v) is 7.77. The summed E-state index contributed by atoms with van der Waals surface area (Å²) in [6.07, 6.45) is 2.77. The standard InChI is InChI=1S/C22H26N4O2/c1-25(2)13-15-9-17(15)22(27)24-21-11-14-10-18(26(3)19(14)12-23-21)16-7-5-6-8-20(16)28-4/h5-8,10-12,15,17H,9,13H2,1-4H3,(H,23,24,27)/t15-,17+/m0/s1. The van der Waals surface area contributed by atoms with Crippen LogP contribution in [0.25, 0.3) is 22.2 Å². The van der Waals surface area contributed by atoms with E-state index >= 15 is 0 Å². The Morgan fingerprint density at radius 3 is 2.86 bits per heavy atom. The van der Waals surface area contributed by atoms with Gasteiger partial charge >= 0.3 is 0 Å². The van der Waals surface area contributed by atoms with E-state index < -0.39 is 0 Å². The quantitative estimate of drug-likeness (QED) is 0.714. The van der Waals surface area contributed by atoms with E-state index in [0.717, 1.165) is 40.9 Å². The van der Waals surface area contributed by atoms with Crippen molar-refractivity contribution in [1.29, 1.82) is 0 Å². The summed E-state index contributed by atoms with van der Waals surface area (Å²) in [5, 5.41) is 4.02. The van der Waals surface area contributed by atoms with Crippen molar-refractivity contribution in [2.45, 2.75) is 6.42 Å². The van der Waals surface area contributed by atoms with Crippen LogP contribution in [0.5, 0.6) is 5.75 Å². The summed E-state index contributed by atoms with van der Waals surface area (Å²) in [5.41, 5.74) is 3.08. The van der Waals surface area contributed by atoms with Gasteiger partial charge in [0.1, 0.15) is 11.6 Å². The summed E-state index contributed by atoms with van der Waals surface area (Å²) in [4.78, 5) is 19.1. The van der Waals surface area contributed by atoms with Crippen LogP contribution in [0, 0.1) is 11.8 Å². The fourth-order valence-corrected chi connectivity index (χ4v) is 3.87. The molecule has 3 aromatic rings. The zero-order valence-electron chi connectivity index (χ0n) is 16.8. The minimum atomic E-state index is 0.0691. The lowest BCUT2D eigenvalue weighted by Crippen LogP contribution is -2.20. The third kappa shape index (κ3) is 3.47. The van der Waals surface area contributed by atoms with Crippen LogP contribution in [-0.4, -0.2) is 48.1 Å². The van der Waals surface area contributed by atoms with Crippen molar-refractivity contribution < 1.29 is 9.53 Å². The number of carbonyl (C=O) groups is 1. The van der Waals surface area contributed by atoms with Crippen LogP contribution in [0.1, 0.15) is 6.42 Å². The van der Waals surface area contributed by atoms with Gasteiger partial charge in [0, 0.05) is 30.5 Å². The van der Waals surface area contributed by atoms with Gasteiger partial charge in [-0.15, -0.1) is 0 Å². The van der Waals surface area contributed by atoms with Gasteiger partial charge in [-0.2, -0.15) is 0 Å². The van der Waals surface area contributed by atoms with Crippen molar-refractivity contribution >= 4 is 22.6 Å². The van der Waals surface area contributed by atoms with E-state index in [-0.39, 0.29) is 11.8 Å². The molecule has 4 rings (SSSR count). The fourth-order valence-electron chi connectivity index (χ4n) is 3.87. The van der Waals surface area contributed by atoms with Crippen LogP contribution in [0.2, 0.25) is 0 Å². The van der Waals surface area contributed by atoms with Crippen molar-refractivity contribution in [2.24, 2.45) is 18.9 Å². The SMILES string of the molecule is COc1ccccc1-c1cc2cc(NC(=O)[C@@H]3C[C@H]3CN(C)C)ncc2n1C. The van der Waals surface area contributed by atoms with Crippen molar-refractivity contribution in [3.8, 4) is 17.0 Å². The summed E-state index contributed by atoms with van der Waals surface area (Å²) < 4.78 is 7.61. The van der Waals surface area contributed by atoms with Crippen LogP contribution in [0.15, 0.2) is 42.6 Å². The third-order valence-corrected chi connectivity index (χ3v) is 5.42. The number of nitrogens with zero attached hydrogens (tertiary/aromatic N) is 3. The molecule has 0 bridgehead atoms. The topological polar surface area (TPSA) is 59.4 Å². The van der Waals surface area contributed by atoms with Gasteiger partial charge in [0.2, 0.25) is 5.91 Å². The number of aromatic nitrogens is 2. The molecule has 1 aliphatic rings. The van der Waals surface area contributed by atoms with E-state index in [1.165, 1.54) is 0 Å². The van der Waals surface area contributed by atoms with Crippen LogP contribution in [-0.2, 0) is 11.8 Å². The molecule has 6 nitrogen and oxygen atoms in total. The Balaban J connectivity index is 1.58. The average molecular weight is 378 g/mol. The average Bonchev–Trinajstić information content (AvgIpc) is 3.36. The van der Waals surface area contributed by atoms with Gasteiger partial charge in [-0.3, -0.25) is 4.79 Å². The molecule has 1 fully saturated rings. The van der Waals surface area contributed by atoms with Gasteiger partial charge in [0.05, 0.1) is 24.5 Å². The maximum Gasteiger partial charge on any atom is 0.228 e. The molecule has 2 heterocycles. The number of pyridine rings is 1. The molecule has 2 aromatic heterocycles. The lowest BCUT2D eigenvalue weighted by molar-refractivity contribution is -0.117. The van der Waals surface area contributed by atoms with Gasteiger partial charge in [-0.1, -0.05) is 12.1 Å².